The van der Waals surface area contributed by atoms with Gasteiger partial charge in [-0.15, -0.1) is 0 Å². The molecule has 0 bridgehead atoms. The predicted molar refractivity (Wildman–Crippen MR) is 306 cm³/mol. The van der Waals surface area contributed by atoms with Crippen LogP contribution >= 0.6 is 0 Å². The quantitative estimate of drug-likeness (QED) is 0.0374. The minimum atomic E-state index is -0.811. The lowest BCUT2D eigenvalue weighted by Crippen LogP contribution is -2.28. The lowest BCUT2D eigenvalue weighted by Gasteiger charge is -2.15. The van der Waals surface area contributed by atoms with Crippen molar-refractivity contribution in [2.45, 2.75) is 200 Å². The molecule has 0 radical (unpaired) electrons. The summed E-state index contributed by atoms with van der Waals surface area (Å²) in [6, 6.07) is 0. The molecule has 0 heterocycles. The Bertz CT molecular complexity index is 1650. The largest absolute Gasteiger partial charge is 0.462 e. The topological polar surface area (TPSA) is 72.8 Å². The SMILES string of the molecule is CC/C=C\C/C=C\C/C=C\C/C=C\C/C=C\C/C=C\C/C=C\C/C=C\CCCCCCC(=O)OC(CO)COC(=O)CCCCCCC/C=C\C/C=C\C/C=C\C/C=C\C/C=C\C/C=C\C/C=C\CC. The first kappa shape index (κ1) is 65.0. The van der Waals surface area contributed by atoms with Crippen LogP contribution in [0.5, 0.6) is 0 Å². The van der Waals surface area contributed by atoms with E-state index in [-0.39, 0.29) is 25.2 Å². The van der Waals surface area contributed by atoms with Crippen LogP contribution in [0.15, 0.2) is 182 Å². The molecular formula is C65H98O5. The maximum Gasteiger partial charge on any atom is 0.306 e. The fraction of sp³-hybridized carbons (Fsp3) is 0.508. The summed E-state index contributed by atoms with van der Waals surface area (Å²) in [5.74, 6) is -0.660. The summed E-state index contributed by atoms with van der Waals surface area (Å²) >= 11 is 0. The number of allylic oxidation sites excluding steroid dienone is 30. The van der Waals surface area contributed by atoms with Gasteiger partial charge in [-0.25, -0.2) is 0 Å². The van der Waals surface area contributed by atoms with Crippen LogP contribution in [0.25, 0.3) is 0 Å². The zero-order valence-corrected chi connectivity index (χ0v) is 44.2. The van der Waals surface area contributed by atoms with Crippen LogP contribution in [0.2, 0.25) is 0 Å². The minimum Gasteiger partial charge on any atom is -0.462 e. The summed E-state index contributed by atoms with van der Waals surface area (Å²) in [7, 11) is 0. The van der Waals surface area contributed by atoms with E-state index in [0.29, 0.717) is 12.8 Å². The summed E-state index contributed by atoms with van der Waals surface area (Å²) in [6.07, 6.45) is 92.7. The highest BCUT2D eigenvalue weighted by Crippen LogP contribution is 2.11. The fourth-order valence-corrected chi connectivity index (χ4v) is 6.67. The first-order valence-corrected chi connectivity index (χ1v) is 27.3. The van der Waals surface area contributed by atoms with Crippen LogP contribution < -0.4 is 0 Å². The monoisotopic (exact) mass is 959 g/mol. The maximum absolute atomic E-state index is 12.3. The predicted octanol–water partition coefficient (Wildman–Crippen LogP) is 18.7. The minimum absolute atomic E-state index is 0.101. The molecule has 0 aliphatic rings. The van der Waals surface area contributed by atoms with Gasteiger partial charge in [0.2, 0.25) is 0 Å². The van der Waals surface area contributed by atoms with Crippen molar-refractivity contribution < 1.29 is 24.2 Å². The van der Waals surface area contributed by atoms with Crippen molar-refractivity contribution >= 4 is 11.9 Å². The van der Waals surface area contributed by atoms with Crippen LogP contribution in [0.3, 0.4) is 0 Å². The zero-order chi connectivity index (χ0) is 50.6. The highest BCUT2D eigenvalue weighted by Gasteiger charge is 2.16. The lowest BCUT2D eigenvalue weighted by molar-refractivity contribution is -0.161. The van der Waals surface area contributed by atoms with Gasteiger partial charge in [0, 0.05) is 12.8 Å². The van der Waals surface area contributed by atoms with Crippen molar-refractivity contribution in [1.82, 2.24) is 0 Å². The highest BCUT2D eigenvalue weighted by atomic mass is 16.6. The number of carbonyl (C=O) groups is 2. The van der Waals surface area contributed by atoms with Crippen molar-refractivity contribution in [1.29, 1.82) is 0 Å². The maximum atomic E-state index is 12.3. The molecule has 0 rings (SSSR count). The average molecular weight is 959 g/mol. The lowest BCUT2D eigenvalue weighted by atomic mass is 10.1. The second-order valence-electron chi connectivity index (χ2n) is 17.2. The Morgan fingerprint density at radius 1 is 0.329 bits per heavy atom. The van der Waals surface area contributed by atoms with E-state index in [1.54, 1.807) is 0 Å². The molecule has 70 heavy (non-hydrogen) atoms. The molecule has 5 nitrogen and oxygen atoms in total. The number of carbonyl (C=O) groups excluding carboxylic acids is 2. The molecule has 1 unspecified atom stereocenters. The zero-order valence-electron chi connectivity index (χ0n) is 44.2. The smallest absolute Gasteiger partial charge is 0.306 e. The first-order valence-electron chi connectivity index (χ1n) is 27.3. The Hall–Kier alpha value is -5.00. The Labute approximate surface area is 429 Å². The van der Waals surface area contributed by atoms with Crippen LogP contribution in [0, 0.1) is 0 Å². The molecule has 0 spiro atoms. The summed E-state index contributed by atoms with van der Waals surface area (Å²) in [5.41, 5.74) is 0. The number of rotatable bonds is 47. The van der Waals surface area contributed by atoms with Crippen molar-refractivity contribution in [3.63, 3.8) is 0 Å². The van der Waals surface area contributed by atoms with Crippen molar-refractivity contribution in [3.05, 3.63) is 182 Å². The van der Waals surface area contributed by atoms with Gasteiger partial charge < -0.3 is 14.6 Å². The molecule has 1 N–H and O–H groups in total. The number of hydrogen-bond acceptors (Lipinski definition) is 5. The van der Waals surface area contributed by atoms with E-state index in [1.165, 1.54) is 0 Å². The Morgan fingerprint density at radius 3 is 0.857 bits per heavy atom. The summed E-state index contributed by atoms with van der Waals surface area (Å²) < 4.78 is 10.7. The van der Waals surface area contributed by atoms with Gasteiger partial charge in [0.15, 0.2) is 6.10 Å². The summed E-state index contributed by atoms with van der Waals surface area (Å²) in [4.78, 5) is 24.5. The first-order chi connectivity index (χ1) is 34.6. The number of unbranched alkanes of at least 4 members (excludes halogenated alkanes) is 9. The van der Waals surface area contributed by atoms with Gasteiger partial charge >= 0.3 is 11.9 Å². The second-order valence-corrected chi connectivity index (χ2v) is 17.2. The van der Waals surface area contributed by atoms with Gasteiger partial charge in [-0.1, -0.05) is 228 Å². The van der Waals surface area contributed by atoms with Crippen molar-refractivity contribution in [2.75, 3.05) is 13.2 Å². The highest BCUT2D eigenvalue weighted by molar-refractivity contribution is 5.70. The number of esters is 2. The molecule has 0 aliphatic carbocycles. The number of ether oxygens (including phenoxy) is 2. The van der Waals surface area contributed by atoms with Gasteiger partial charge in [0.25, 0.3) is 0 Å². The molecule has 0 aromatic heterocycles. The molecule has 0 aliphatic heterocycles. The molecule has 0 aromatic carbocycles. The molecule has 0 saturated carbocycles. The summed E-state index contributed by atoms with van der Waals surface area (Å²) in [5, 5.41) is 9.65. The van der Waals surface area contributed by atoms with E-state index < -0.39 is 6.10 Å². The van der Waals surface area contributed by atoms with Gasteiger partial charge in [-0.3, -0.25) is 9.59 Å². The van der Waals surface area contributed by atoms with Gasteiger partial charge in [0.05, 0.1) is 6.61 Å². The van der Waals surface area contributed by atoms with Crippen molar-refractivity contribution in [3.8, 4) is 0 Å². The van der Waals surface area contributed by atoms with Crippen LogP contribution in [0.4, 0.5) is 0 Å². The van der Waals surface area contributed by atoms with E-state index >= 15 is 0 Å². The molecule has 1 atom stereocenters. The van der Waals surface area contributed by atoms with Gasteiger partial charge in [0.1, 0.15) is 6.61 Å². The standard InChI is InChI=1S/C65H98O5/c1-3-5-7-9-11-13-15-17-19-21-23-25-27-29-31-32-34-36-38-40-42-44-46-48-50-52-54-56-58-60-65(68)70-63(61-66)62-69-64(67)59-57-55-53-51-49-47-45-43-41-39-37-35-33-30-28-26-24-22-20-18-16-14-12-10-8-6-4-2/h5-8,11-14,17-20,23-26,29-31,33-34,36-37,39-40,42-43,45-46,48,63,66H,3-4,9-10,15-16,21-22,27-28,32,35,38,41,44,47,49-62H2,1-2H3/b7-5-,8-6-,13-11-,14-12-,19-17-,20-18-,25-23-,26-24-,31-29-,33-30-,36-34-,39-37-,42-40-,45-43-,48-46-. The Kier molecular flexibility index (Phi) is 54.1. The van der Waals surface area contributed by atoms with E-state index in [0.717, 1.165) is 167 Å². The Balaban J connectivity index is 3.71. The van der Waals surface area contributed by atoms with Crippen LogP contribution in [-0.2, 0) is 19.1 Å². The fourth-order valence-electron chi connectivity index (χ4n) is 6.67. The van der Waals surface area contributed by atoms with Crippen LogP contribution in [-0.4, -0.2) is 36.4 Å². The Morgan fingerprint density at radius 2 is 0.571 bits per heavy atom. The number of aliphatic hydroxyl groups is 1. The van der Waals surface area contributed by atoms with E-state index in [4.69, 9.17) is 9.47 Å². The average Bonchev–Trinajstić information content (AvgIpc) is 3.36. The third-order valence-electron chi connectivity index (χ3n) is 10.7. The molecule has 5 heteroatoms. The second kappa shape index (κ2) is 58.3. The van der Waals surface area contributed by atoms with Gasteiger partial charge in [-0.05, 0) is 135 Å². The molecule has 388 valence electrons. The molecule has 0 amide bonds. The number of aliphatic hydroxyl groups excluding tert-OH is 1. The third kappa shape index (κ3) is 55.6. The molecular weight excluding hydrogens is 861 g/mol. The molecule has 0 fully saturated rings. The van der Waals surface area contributed by atoms with Gasteiger partial charge in [-0.2, -0.15) is 0 Å². The van der Waals surface area contributed by atoms with E-state index in [1.807, 2.05) is 0 Å². The number of hydrogen-bond donors (Lipinski definition) is 1. The van der Waals surface area contributed by atoms with Crippen LogP contribution in [0.1, 0.15) is 194 Å². The normalized spacial score (nSPS) is 13.7. The molecule has 0 saturated heterocycles. The molecule has 0 aromatic rings. The van der Waals surface area contributed by atoms with Crippen molar-refractivity contribution in [2.24, 2.45) is 0 Å². The van der Waals surface area contributed by atoms with E-state index in [9.17, 15) is 14.7 Å². The third-order valence-corrected chi connectivity index (χ3v) is 10.7. The summed E-state index contributed by atoms with van der Waals surface area (Å²) in [6.45, 7) is 3.85. The van der Waals surface area contributed by atoms with E-state index in [2.05, 4.69) is 196 Å².